The fraction of sp³-hybridized carbons (Fsp3) is 0.714. The fourth-order valence-corrected chi connectivity index (χ4v) is 3.32. The van der Waals surface area contributed by atoms with Gasteiger partial charge in [-0.05, 0) is 13.8 Å². The van der Waals surface area contributed by atoms with E-state index in [1.54, 1.807) is 6.92 Å². The van der Waals surface area contributed by atoms with Crippen LogP contribution in [-0.2, 0) is 23.3 Å². The number of aliphatic hydroxyl groups is 1. The minimum Gasteiger partial charge on any atom is -0.394 e. The maximum Gasteiger partial charge on any atom is 0.330 e. The van der Waals surface area contributed by atoms with Gasteiger partial charge in [0, 0.05) is 18.9 Å². The molecule has 12 heteroatoms. The molecule has 1 saturated heterocycles. The van der Waals surface area contributed by atoms with Gasteiger partial charge in [-0.25, -0.2) is 4.79 Å². The van der Waals surface area contributed by atoms with Gasteiger partial charge in [0.05, 0.1) is 19.3 Å². The molecule has 6 atom stereocenters. The largest absolute Gasteiger partial charge is 0.394 e. The molecule has 148 valence electrons. The first-order chi connectivity index (χ1) is 12.3. The minimum atomic E-state index is -3.37. The number of methoxy groups -OCH3 is 1. The van der Waals surface area contributed by atoms with E-state index in [0.717, 1.165) is 4.57 Å². The van der Waals surface area contributed by atoms with Crippen LogP contribution in [0.5, 0.6) is 0 Å². The third kappa shape index (κ3) is 4.68. The van der Waals surface area contributed by atoms with Crippen molar-refractivity contribution in [1.29, 1.82) is 0 Å². The highest BCUT2D eigenvalue weighted by molar-refractivity contribution is 7.32. The lowest BCUT2D eigenvalue weighted by molar-refractivity contribution is -0.109. The lowest BCUT2D eigenvalue weighted by Gasteiger charge is -2.27. The van der Waals surface area contributed by atoms with Crippen LogP contribution < -0.4 is 11.2 Å². The van der Waals surface area contributed by atoms with Crippen LogP contribution in [0.3, 0.4) is 0 Å². The maximum absolute atomic E-state index is 12.2. The normalized spacial score (nSPS) is 28.2. The average molecular weight is 394 g/mol. The van der Waals surface area contributed by atoms with Crippen molar-refractivity contribution in [1.82, 2.24) is 9.55 Å². The van der Waals surface area contributed by atoms with Crippen molar-refractivity contribution >= 4 is 8.25 Å². The number of aromatic nitrogens is 2. The Morgan fingerprint density at radius 2 is 2.12 bits per heavy atom. The molecule has 1 fully saturated rings. The molecule has 26 heavy (non-hydrogen) atoms. The summed E-state index contributed by atoms with van der Waals surface area (Å²) in [5.41, 5.74) is -1.02. The molecule has 0 aromatic carbocycles. The van der Waals surface area contributed by atoms with E-state index in [1.165, 1.54) is 20.2 Å². The zero-order valence-corrected chi connectivity index (χ0v) is 15.6. The van der Waals surface area contributed by atoms with Gasteiger partial charge in [0.1, 0.15) is 18.3 Å². The molecule has 0 bridgehead atoms. The van der Waals surface area contributed by atoms with Crippen LogP contribution in [-0.4, -0.2) is 64.3 Å². The maximum atomic E-state index is 12.2. The van der Waals surface area contributed by atoms with Gasteiger partial charge >= 0.3 is 13.9 Å². The Bertz CT molecular complexity index is 749. The summed E-state index contributed by atoms with van der Waals surface area (Å²) >= 11 is 0. The Hall–Kier alpha value is -1.33. The van der Waals surface area contributed by atoms with Gasteiger partial charge < -0.3 is 28.7 Å². The Morgan fingerprint density at radius 1 is 1.42 bits per heavy atom. The molecule has 0 radical (unpaired) electrons. The number of aromatic amines is 1. The second-order valence-electron chi connectivity index (χ2n) is 5.94. The first-order valence-electron chi connectivity index (χ1n) is 7.90. The first-order valence-corrected chi connectivity index (χ1v) is 9.17. The third-order valence-electron chi connectivity index (χ3n) is 3.91. The summed E-state index contributed by atoms with van der Waals surface area (Å²) in [6.07, 6.45) is -3.34. The highest BCUT2D eigenvalue weighted by Crippen LogP contribution is 2.37. The van der Waals surface area contributed by atoms with Crippen molar-refractivity contribution in [3.05, 3.63) is 32.6 Å². The van der Waals surface area contributed by atoms with Gasteiger partial charge in [-0.3, -0.25) is 18.9 Å². The quantitative estimate of drug-likeness (QED) is 0.468. The number of nitrogens with one attached hydrogen (secondary N) is 1. The molecule has 0 aliphatic carbocycles. The molecule has 1 aliphatic heterocycles. The molecule has 0 saturated carbocycles. The second kappa shape index (κ2) is 9.05. The number of H-pyrrole nitrogens is 1. The Balaban J connectivity index is 2.44. The smallest absolute Gasteiger partial charge is 0.330 e. The standard InChI is InChI=1S/C14H23N2O9P/c1-7-4-16(14(19)15-12(7)18)13-11(23-8(2)6-22-3)10(25-26(20)21)9(5-17)24-13/h4,8-11,13,17,26H,5-6H2,1-3H3,(H,20,21)(H,15,18,19)/t8-,9-,10?,11?,13-/m1/s1. The van der Waals surface area contributed by atoms with Crippen LogP contribution >= 0.6 is 8.25 Å². The summed E-state index contributed by atoms with van der Waals surface area (Å²) in [7, 11) is -1.89. The average Bonchev–Trinajstić information content (AvgIpc) is 2.88. The van der Waals surface area contributed by atoms with Crippen LogP contribution in [0.1, 0.15) is 18.7 Å². The van der Waals surface area contributed by atoms with Crippen LogP contribution in [0.4, 0.5) is 0 Å². The van der Waals surface area contributed by atoms with E-state index in [0.29, 0.717) is 0 Å². The summed E-state index contributed by atoms with van der Waals surface area (Å²) in [6.45, 7) is 2.91. The predicted molar refractivity (Wildman–Crippen MR) is 89.4 cm³/mol. The number of nitrogens with zero attached hydrogens (tertiary/aromatic N) is 1. The van der Waals surface area contributed by atoms with Gasteiger partial charge in [-0.15, -0.1) is 0 Å². The Morgan fingerprint density at radius 3 is 2.69 bits per heavy atom. The SMILES string of the molecule is COC[C@@H](C)OC1C(O[PH](=O)O)[C@@H](CO)O[C@H]1n1cc(C)c(=O)[nH]c1=O. The van der Waals surface area contributed by atoms with Crippen molar-refractivity contribution in [2.24, 2.45) is 0 Å². The molecular weight excluding hydrogens is 371 g/mol. The summed E-state index contributed by atoms with van der Waals surface area (Å²) < 4.78 is 33.8. The monoisotopic (exact) mass is 394 g/mol. The summed E-state index contributed by atoms with van der Waals surface area (Å²) in [5, 5.41) is 9.53. The third-order valence-corrected chi connectivity index (χ3v) is 4.39. The number of rotatable bonds is 8. The van der Waals surface area contributed by atoms with E-state index in [-0.39, 0.29) is 12.2 Å². The molecule has 2 heterocycles. The van der Waals surface area contributed by atoms with Gasteiger partial charge in [0.2, 0.25) is 0 Å². The van der Waals surface area contributed by atoms with E-state index in [1.807, 2.05) is 0 Å². The zero-order chi connectivity index (χ0) is 19.4. The highest BCUT2D eigenvalue weighted by atomic mass is 31.1. The van der Waals surface area contributed by atoms with E-state index in [9.17, 15) is 19.3 Å². The zero-order valence-electron chi connectivity index (χ0n) is 14.6. The molecule has 1 aromatic rings. The molecule has 2 rings (SSSR count). The first kappa shape index (κ1) is 21.0. The highest BCUT2D eigenvalue weighted by Gasteiger charge is 2.48. The molecule has 0 amide bonds. The molecule has 3 N–H and O–H groups in total. The van der Waals surface area contributed by atoms with Crippen LogP contribution in [0.25, 0.3) is 0 Å². The Labute approximate surface area is 149 Å². The van der Waals surface area contributed by atoms with E-state index >= 15 is 0 Å². The van der Waals surface area contributed by atoms with Gasteiger partial charge in [-0.2, -0.15) is 0 Å². The van der Waals surface area contributed by atoms with Crippen molar-refractivity contribution in [3.8, 4) is 0 Å². The van der Waals surface area contributed by atoms with Gasteiger partial charge in [0.15, 0.2) is 6.23 Å². The summed E-state index contributed by atoms with van der Waals surface area (Å²) in [4.78, 5) is 35.1. The number of hydrogen-bond acceptors (Lipinski definition) is 8. The summed E-state index contributed by atoms with van der Waals surface area (Å²) in [6, 6.07) is 0. The van der Waals surface area contributed by atoms with Crippen molar-refractivity contribution in [2.45, 2.75) is 44.5 Å². The molecular formula is C14H23N2O9P. The van der Waals surface area contributed by atoms with E-state index in [4.69, 9.17) is 23.6 Å². The van der Waals surface area contributed by atoms with Crippen LogP contribution in [0.2, 0.25) is 0 Å². The molecule has 0 spiro atoms. The van der Waals surface area contributed by atoms with Gasteiger partial charge in [0.25, 0.3) is 5.56 Å². The molecule has 3 unspecified atom stereocenters. The number of aliphatic hydroxyl groups excluding tert-OH is 1. The van der Waals surface area contributed by atoms with Crippen LogP contribution in [0.15, 0.2) is 15.8 Å². The second-order valence-corrected chi connectivity index (χ2v) is 6.71. The van der Waals surface area contributed by atoms with Crippen molar-refractivity contribution < 1.29 is 33.3 Å². The molecule has 1 aromatic heterocycles. The topological polar surface area (TPSA) is 149 Å². The molecule has 1 aliphatic rings. The van der Waals surface area contributed by atoms with Crippen molar-refractivity contribution in [2.75, 3.05) is 20.3 Å². The fourth-order valence-electron chi connectivity index (χ4n) is 2.80. The minimum absolute atomic E-state index is 0.216. The lowest BCUT2D eigenvalue weighted by atomic mass is 10.1. The van der Waals surface area contributed by atoms with Crippen LogP contribution in [0, 0.1) is 6.92 Å². The lowest BCUT2D eigenvalue weighted by Crippen LogP contribution is -2.42. The number of hydrogen-bond donors (Lipinski definition) is 3. The molecule has 11 nitrogen and oxygen atoms in total. The Kier molecular flexibility index (Phi) is 7.30. The van der Waals surface area contributed by atoms with E-state index in [2.05, 4.69) is 4.98 Å². The number of ether oxygens (including phenoxy) is 3. The van der Waals surface area contributed by atoms with E-state index < -0.39 is 56.8 Å². The van der Waals surface area contributed by atoms with Gasteiger partial charge in [-0.1, -0.05) is 0 Å². The van der Waals surface area contributed by atoms with Crippen molar-refractivity contribution in [3.63, 3.8) is 0 Å². The number of aryl methyl sites for hydroxylation is 1. The summed E-state index contributed by atoms with van der Waals surface area (Å²) in [5.74, 6) is 0. The predicted octanol–water partition coefficient (Wildman–Crippen LogP) is -1.08.